The number of nitriles is 2. The fourth-order valence-electron chi connectivity index (χ4n) is 0.750. The average molecular weight is 174 g/mol. The normalized spacial score (nSPS) is 8.54. The van der Waals surface area contributed by atoms with E-state index >= 15 is 0 Å². The molecule has 1 aromatic rings. The lowest BCUT2D eigenvalue weighted by Crippen LogP contribution is -1.99. The van der Waals surface area contributed by atoms with Crippen molar-refractivity contribution < 1.29 is 4.74 Å². The first-order chi connectivity index (χ1) is 6.31. The van der Waals surface area contributed by atoms with Gasteiger partial charge in [-0.2, -0.15) is 15.5 Å². The molecule has 5 nitrogen and oxygen atoms in total. The monoisotopic (exact) mass is 174 g/mol. The molecule has 5 heteroatoms. The van der Waals surface area contributed by atoms with E-state index in [1.54, 1.807) is 19.1 Å². The summed E-state index contributed by atoms with van der Waals surface area (Å²) < 4.78 is 5.01. The van der Waals surface area contributed by atoms with Gasteiger partial charge in [0.25, 0.3) is 0 Å². The molecule has 0 amide bonds. The smallest absolute Gasteiger partial charge is 0.233 e. The van der Waals surface area contributed by atoms with E-state index in [-0.39, 0.29) is 17.3 Å². The van der Waals surface area contributed by atoms with Gasteiger partial charge in [0.05, 0.1) is 12.8 Å². The predicted molar refractivity (Wildman–Crippen MR) is 42.6 cm³/mol. The molecular formula is C8H6N4O. The molecule has 0 aromatic carbocycles. The minimum atomic E-state index is -0.00606. The predicted octanol–water partition coefficient (Wildman–Crippen LogP) is 0.619. The Morgan fingerprint density at radius 1 is 1.38 bits per heavy atom. The van der Waals surface area contributed by atoms with Crippen molar-refractivity contribution in [2.24, 2.45) is 0 Å². The zero-order valence-electron chi connectivity index (χ0n) is 6.98. The maximum atomic E-state index is 8.58. The third kappa shape index (κ3) is 1.91. The standard InChI is InChI=1S/C8H6N4O/c1-2-13-8-5-11-6(3-9)7(4-10)12-8/h5H,2H2,1H3. The fraction of sp³-hybridized carbons (Fsp3) is 0.250. The van der Waals surface area contributed by atoms with Crippen molar-refractivity contribution in [2.45, 2.75) is 6.92 Å². The van der Waals surface area contributed by atoms with Crippen LogP contribution < -0.4 is 4.74 Å². The number of hydrogen-bond donors (Lipinski definition) is 0. The minimum absolute atomic E-state index is 0.00606. The second-order valence-corrected chi connectivity index (χ2v) is 2.06. The van der Waals surface area contributed by atoms with Crippen molar-refractivity contribution in [1.82, 2.24) is 9.97 Å². The second kappa shape index (κ2) is 4.03. The topological polar surface area (TPSA) is 82.6 Å². The van der Waals surface area contributed by atoms with Gasteiger partial charge in [0.15, 0.2) is 11.4 Å². The van der Waals surface area contributed by atoms with Crippen molar-refractivity contribution >= 4 is 0 Å². The van der Waals surface area contributed by atoms with Crippen LogP contribution in [0.1, 0.15) is 18.3 Å². The van der Waals surface area contributed by atoms with Crippen LogP contribution in [0, 0.1) is 22.7 Å². The van der Waals surface area contributed by atoms with Crippen molar-refractivity contribution in [1.29, 1.82) is 10.5 Å². The summed E-state index contributed by atoms with van der Waals surface area (Å²) >= 11 is 0. The van der Waals surface area contributed by atoms with Gasteiger partial charge in [0, 0.05) is 0 Å². The number of rotatable bonds is 2. The summed E-state index contributed by atoms with van der Waals surface area (Å²) in [6, 6.07) is 3.53. The Labute approximate surface area is 75.2 Å². The molecule has 64 valence electrons. The Balaban J connectivity index is 3.09. The molecule has 13 heavy (non-hydrogen) atoms. The van der Waals surface area contributed by atoms with Crippen LogP contribution in [0.3, 0.4) is 0 Å². The number of hydrogen-bond acceptors (Lipinski definition) is 5. The van der Waals surface area contributed by atoms with E-state index in [1.165, 1.54) is 6.20 Å². The van der Waals surface area contributed by atoms with E-state index in [1.807, 2.05) is 0 Å². The Morgan fingerprint density at radius 2 is 2.08 bits per heavy atom. The Kier molecular flexibility index (Phi) is 2.77. The second-order valence-electron chi connectivity index (χ2n) is 2.06. The average Bonchev–Trinajstić information content (AvgIpc) is 2.18. The molecule has 0 spiro atoms. The van der Waals surface area contributed by atoms with Gasteiger partial charge in [-0.3, -0.25) is 0 Å². The molecule has 0 radical (unpaired) electrons. The first-order valence-electron chi connectivity index (χ1n) is 3.61. The molecule has 0 aliphatic heterocycles. The summed E-state index contributed by atoms with van der Waals surface area (Å²) in [5.41, 5.74) is 0.0133. The van der Waals surface area contributed by atoms with Crippen LogP contribution in [0.25, 0.3) is 0 Å². The van der Waals surface area contributed by atoms with E-state index in [0.717, 1.165) is 0 Å². The lowest BCUT2D eigenvalue weighted by atomic mass is 10.3. The zero-order valence-corrected chi connectivity index (χ0v) is 6.98. The van der Waals surface area contributed by atoms with Gasteiger partial charge < -0.3 is 4.74 Å². The highest BCUT2D eigenvalue weighted by Gasteiger charge is 2.05. The first kappa shape index (κ1) is 8.95. The van der Waals surface area contributed by atoms with Crippen LogP contribution in [-0.4, -0.2) is 16.6 Å². The van der Waals surface area contributed by atoms with Gasteiger partial charge in [-0.1, -0.05) is 0 Å². The largest absolute Gasteiger partial charge is 0.477 e. The van der Waals surface area contributed by atoms with Crippen LogP contribution in [-0.2, 0) is 0 Å². The van der Waals surface area contributed by atoms with Gasteiger partial charge in [0.1, 0.15) is 12.1 Å². The molecule has 1 heterocycles. The third-order valence-corrected chi connectivity index (χ3v) is 1.25. The van der Waals surface area contributed by atoms with Gasteiger partial charge in [0.2, 0.25) is 5.88 Å². The van der Waals surface area contributed by atoms with Crippen LogP contribution in [0.15, 0.2) is 6.20 Å². The maximum Gasteiger partial charge on any atom is 0.233 e. The van der Waals surface area contributed by atoms with Crippen LogP contribution in [0.2, 0.25) is 0 Å². The number of ether oxygens (including phenoxy) is 1. The summed E-state index contributed by atoms with van der Waals surface area (Å²) in [6.07, 6.45) is 1.32. The fourth-order valence-corrected chi connectivity index (χ4v) is 0.750. The maximum absolute atomic E-state index is 8.58. The van der Waals surface area contributed by atoms with Gasteiger partial charge in [-0.25, -0.2) is 4.98 Å². The highest BCUT2D eigenvalue weighted by atomic mass is 16.5. The Bertz CT molecular complexity index is 388. The lowest BCUT2D eigenvalue weighted by molar-refractivity contribution is 0.325. The third-order valence-electron chi connectivity index (χ3n) is 1.25. The SMILES string of the molecule is CCOc1cnc(C#N)c(C#N)n1. The number of aromatic nitrogens is 2. The highest BCUT2D eigenvalue weighted by Crippen LogP contribution is 2.07. The molecule has 1 aromatic heterocycles. The molecule has 0 atom stereocenters. The summed E-state index contributed by atoms with van der Waals surface area (Å²) in [4.78, 5) is 7.50. The van der Waals surface area contributed by atoms with Crippen molar-refractivity contribution in [3.05, 3.63) is 17.6 Å². The quantitative estimate of drug-likeness (QED) is 0.656. The van der Waals surface area contributed by atoms with E-state index in [4.69, 9.17) is 15.3 Å². The van der Waals surface area contributed by atoms with Gasteiger partial charge in [-0.15, -0.1) is 0 Å². The highest BCUT2D eigenvalue weighted by molar-refractivity contribution is 5.36. The van der Waals surface area contributed by atoms with Gasteiger partial charge in [-0.05, 0) is 6.92 Å². The summed E-state index contributed by atoms with van der Waals surface area (Å²) in [6.45, 7) is 2.25. The van der Waals surface area contributed by atoms with Crippen LogP contribution in [0.4, 0.5) is 0 Å². The van der Waals surface area contributed by atoms with Crippen LogP contribution >= 0.6 is 0 Å². The van der Waals surface area contributed by atoms with E-state index in [2.05, 4.69) is 9.97 Å². The van der Waals surface area contributed by atoms with E-state index in [9.17, 15) is 0 Å². The van der Waals surface area contributed by atoms with Crippen LogP contribution in [0.5, 0.6) is 5.88 Å². The number of nitrogens with zero attached hydrogens (tertiary/aromatic N) is 4. The molecule has 0 fully saturated rings. The van der Waals surface area contributed by atoms with E-state index in [0.29, 0.717) is 6.61 Å². The minimum Gasteiger partial charge on any atom is -0.477 e. The summed E-state index contributed by atoms with van der Waals surface area (Å²) in [5, 5.41) is 17.1. The lowest BCUT2D eigenvalue weighted by Gasteiger charge is -2.00. The van der Waals surface area contributed by atoms with Crippen molar-refractivity contribution in [3.8, 4) is 18.0 Å². The van der Waals surface area contributed by atoms with Crippen molar-refractivity contribution in [3.63, 3.8) is 0 Å². The van der Waals surface area contributed by atoms with Gasteiger partial charge >= 0.3 is 0 Å². The summed E-state index contributed by atoms with van der Waals surface area (Å²) in [7, 11) is 0. The molecule has 0 N–H and O–H groups in total. The molecule has 0 unspecified atom stereocenters. The zero-order chi connectivity index (χ0) is 9.68. The first-order valence-corrected chi connectivity index (χ1v) is 3.61. The molecule has 0 aliphatic carbocycles. The Morgan fingerprint density at radius 3 is 2.62 bits per heavy atom. The molecule has 0 aliphatic rings. The molecule has 0 bridgehead atoms. The van der Waals surface area contributed by atoms with Crippen molar-refractivity contribution in [2.75, 3.05) is 6.61 Å². The summed E-state index contributed by atoms with van der Waals surface area (Å²) in [5.74, 6) is 0.262. The molecule has 0 saturated heterocycles. The van der Waals surface area contributed by atoms with E-state index < -0.39 is 0 Å². The molecule has 0 saturated carbocycles. The molecule has 1 rings (SSSR count). The molecular weight excluding hydrogens is 168 g/mol. The Hall–Kier alpha value is -2.14.